The van der Waals surface area contributed by atoms with E-state index in [2.05, 4.69) is 10.1 Å². The van der Waals surface area contributed by atoms with Crippen molar-refractivity contribution < 1.29 is 27.1 Å². The number of fused-ring (bicyclic) bond motifs is 1. The monoisotopic (exact) mass is 482 g/mol. The van der Waals surface area contributed by atoms with Crippen LogP contribution < -0.4 is 4.74 Å². The molecule has 0 spiro atoms. The van der Waals surface area contributed by atoms with Crippen molar-refractivity contribution in [1.82, 2.24) is 5.01 Å². The van der Waals surface area contributed by atoms with Crippen LogP contribution in [0.1, 0.15) is 11.1 Å². The first kappa shape index (κ1) is 22.0. The summed E-state index contributed by atoms with van der Waals surface area (Å²) in [6, 6.07) is 10.3. The Morgan fingerprint density at radius 2 is 1.91 bits per heavy atom. The number of halogens is 5. The number of ether oxygens (including phenoxy) is 1. The molecule has 164 valence electrons. The third-order valence-electron chi connectivity index (χ3n) is 4.27. The molecule has 0 saturated carbocycles. The van der Waals surface area contributed by atoms with E-state index in [0.29, 0.717) is 16.3 Å². The standard InChI is InChI=1S/C20H11ClF4N4O2S/c21-14-8-11(3-6-15(14)31-9-10-1-4-12(22)5-2-10)7-13-16(26)29-19(27-17(13)30)32-18(28-29)20(23,24)25/h1-8,26H,9H2. The van der Waals surface area contributed by atoms with Crippen LogP contribution in [-0.4, -0.2) is 33.1 Å². The van der Waals surface area contributed by atoms with Gasteiger partial charge in [-0.25, -0.2) is 4.39 Å². The molecule has 2 heterocycles. The first-order valence-corrected chi connectivity index (χ1v) is 10.1. The zero-order valence-electron chi connectivity index (χ0n) is 15.8. The van der Waals surface area contributed by atoms with Gasteiger partial charge in [0.15, 0.2) is 5.84 Å². The summed E-state index contributed by atoms with van der Waals surface area (Å²) in [5.74, 6) is -1.42. The Hall–Kier alpha value is -3.18. The van der Waals surface area contributed by atoms with Gasteiger partial charge in [-0.15, -0.1) is 0 Å². The van der Waals surface area contributed by atoms with E-state index in [1.165, 1.54) is 30.3 Å². The fraction of sp³-hybridized carbons (Fsp3) is 0.100. The summed E-state index contributed by atoms with van der Waals surface area (Å²) in [6.07, 6.45) is -3.43. The second-order valence-electron chi connectivity index (χ2n) is 6.53. The van der Waals surface area contributed by atoms with Crippen molar-refractivity contribution in [3.05, 3.63) is 70.0 Å². The summed E-state index contributed by atoms with van der Waals surface area (Å²) in [5, 5.41) is 10.8. The van der Waals surface area contributed by atoms with E-state index in [9.17, 15) is 22.4 Å². The second kappa shape index (κ2) is 8.40. The molecule has 6 nitrogen and oxygen atoms in total. The first-order chi connectivity index (χ1) is 15.1. The van der Waals surface area contributed by atoms with Crippen molar-refractivity contribution >= 4 is 51.4 Å². The Morgan fingerprint density at radius 1 is 1.19 bits per heavy atom. The highest BCUT2D eigenvalue weighted by Gasteiger charge is 2.46. The van der Waals surface area contributed by atoms with Gasteiger partial charge in [0.05, 0.1) is 10.6 Å². The maximum absolute atomic E-state index is 13.0. The normalized spacial score (nSPS) is 17.4. The fourth-order valence-corrected chi connectivity index (χ4v) is 3.74. The van der Waals surface area contributed by atoms with Crippen molar-refractivity contribution in [3.63, 3.8) is 0 Å². The minimum absolute atomic E-state index is 0.146. The van der Waals surface area contributed by atoms with Gasteiger partial charge in [0.25, 0.3) is 5.91 Å². The smallest absolute Gasteiger partial charge is 0.441 e. The van der Waals surface area contributed by atoms with Crippen LogP contribution in [0.25, 0.3) is 6.08 Å². The lowest BCUT2D eigenvalue weighted by Crippen LogP contribution is -2.35. The van der Waals surface area contributed by atoms with Gasteiger partial charge in [-0.05, 0) is 53.2 Å². The number of hydrogen-bond acceptors (Lipinski definition) is 5. The molecule has 4 rings (SSSR count). The molecule has 2 aromatic rings. The number of alkyl halides is 3. The van der Waals surface area contributed by atoms with E-state index in [1.807, 2.05) is 0 Å². The highest BCUT2D eigenvalue weighted by molar-refractivity contribution is 8.27. The Bertz CT molecular complexity index is 1210. The minimum atomic E-state index is -4.71. The third-order valence-corrected chi connectivity index (χ3v) is 5.52. The van der Waals surface area contributed by atoms with E-state index in [1.54, 1.807) is 18.2 Å². The number of hydrazone groups is 1. The maximum Gasteiger partial charge on any atom is 0.441 e. The summed E-state index contributed by atoms with van der Waals surface area (Å²) >= 11 is 6.41. The Labute approximate surface area is 187 Å². The lowest BCUT2D eigenvalue weighted by atomic mass is 10.1. The van der Waals surface area contributed by atoms with Gasteiger partial charge < -0.3 is 4.74 Å². The molecule has 0 unspecified atom stereocenters. The van der Waals surface area contributed by atoms with Gasteiger partial charge in [0, 0.05) is 0 Å². The number of thioether (sulfide) groups is 1. The molecule has 0 aromatic heterocycles. The van der Waals surface area contributed by atoms with Gasteiger partial charge >= 0.3 is 6.18 Å². The molecule has 0 bridgehead atoms. The average Bonchev–Trinajstić information content (AvgIpc) is 3.16. The molecule has 0 fully saturated rings. The van der Waals surface area contributed by atoms with Gasteiger partial charge in [0.1, 0.15) is 18.2 Å². The van der Waals surface area contributed by atoms with Crippen molar-refractivity contribution in [2.45, 2.75) is 12.8 Å². The SMILES string of the molecule is N=C1C(=Cc2ccc(OCc3ccc(F)cc3)c(Cl)c2)C(=O)N=C2SC(C(F)(F)F)=NN12. The summed E-state index contributed by atoms with van der Waals surface area (Å²) in [4.78, 5) is 15.9. The molecule has 0 aliphatic carbocycles. The van der Waals surface area contributed by atoms with Gasteiger partial charge in [0.2, 0.25) is 10.2 Å². The van der Waals surface area contributed by atoms with E-state index in [0.717, 1.165) is 5.56 Å². The highest BCUT2D eigenvalue weighted by atomic mass is 35.5. The van der Waals surface area contributed by atoms with Crippen molar-refractivity contribution in [2.24, 2.45) is 10.1 Å². The fourth-order valence-electron chi connectivity index (χ4n) is 2.74. The minimum Gasteiger partial charge on any atom is -0.487 e. The van der Waals surface area contributed by atoms with Crippen molar-refractivity contribution in [1.29, 1.82) is 5.41 Å². The summed E-state index contributed by atoms with van der Waals surface area (Å²) in [6.45, 7) is 0.146. The highest BCUT2D eigenvalue weighted by Crippen LogP contribution is 2.35. The average molecular weight is 483 g/mol. The molecule has 1 amide bonds. The number of benzene rings is 2. The quantitative estimate of drug-likeness (QED) is 0.477. The maximum atomic E-state index is 13.0. The van der Waals surface area contributed by atoms with Crippen LogP contribution in [-0.2, 0) is 11.4 Å². The number of nitrogens with one attached hydrogen (secondary N) is 1. The Balaban J connectivity index is 1.53. The van der Waals surface area contributed by atoms with Crippen molar-refractivity contribution in [3.8, 4) is 5.75 Å². The largest absolute Gasteiger partial charge is 0.487 e. The number of amidine groups is 2. The van der Waals surface area contributed by atoms with E-state index in [4.69, 9.17) is 21.7 Å². The lowest BCUT2D eigenvalue weighted by molar-refractivity contribution is -0.114. The number of aliphatic imine (C=N–C) groups is 1. The zero-order valence-corrected chi connectivity index (χ0v) is 17.4. The zero-order chi connectivity index (χ0) is 23.0. The number of carbonyl (C=O) groups is 1. The molecule has 2 aliphatic heterocycles. The number of hydrogen-bond donors (Lipinski definition) is 1. The molecule has 32 heavy (non-hydrogen) atoms. The summed E-state index contributed by atoms with van der Waals surface area (Å²) in [5.41, 5.74) is 0.895. The van der Waals surface area contributed by atoms with E-state index in [-0.39, 0.29) is 39.9 Å². The topological polar surface area (TPSA) is 78.1 Å². The third kappa shape index (κ3) is 4.53. The van der Waals surface area contributed by atoms with Gasteiger partial charge in [-0.3, -0.25) is 10.2 Å². The van der Waals surface area contributed by atoms with E-state index < -0.39 is 23.0 Å². The number of rotatable bonds is 4. The Kier molecular flexibility index (Phi) is 5.78. The van der Waals surface area contributed by atoms with Crippen molar-refractivity contribution in [2.75, 3.05) is 0 Å². The number of carbonyl (C=O) groups excluding carboxylic acids is 1. The van der Waals surface area contributed by atoms with Crippen LogP contribution in [0.4, 0.5) is 17.6 Å². The van der Waals surface area contributed by atoms with Gasteiger partial charge in [-0.1, -0.05) is 29.8 Å². The van der Waals surface area contributed by atoms with Crippen LogP contribution in [0.5, 0.6) is 5.75 Å². The van der Waals surface area contributed by atoms with Crippen LogP contribution in [0, 0.1) is 11.2 Å². The summed E-state index contributed by atoms with van der Waals surface area (Å²) < 4.78 is 57.3. The number of nitrogens with zero attached hydrogens (tertiary/aromatic N) is 3. The van der Waals surface area contributed by atoms with Crippen LogP contribution in [0.3, 0.4) is 0 Å². The van der Waals surface area contributed by atoms with Crippen LogP contribution in [0.2, 0.25) is 5.02 Å². The predicted molar refractivity (Wildman–Crippen MR) is 113 cm³/mol. The molecule has 0 atom stereocenters. The summed E-state index contributed by atoms with van der Waals surface area (Å²) in [7, 11) is 0. The molecule has 2 aliphatic rings. The first-order valence-electron chi connectivity index (χ1n) is 8.86. The second-order valence-corrected chi connectivity index (χ2v) is 7.89. The van der Waals surface area contributed by atoms with E-state index >= 15 is 0 Å². The number of amides is 1. The lowest BCUT2D eigenvalue weighted by Gasteiger charge is -2.20. The van der Waals surface area contributed by atoms with Crippen LogP contribution in [0.15, 0.2) is 58.1 Å². The molecular weight excluding hydrogens is 472 g/mol. The molecular formula is C20H11ClF4N4O2S. The molecule has 12 heteroatoms. The molecule has 0 radical (unpaired) electrons. The Morgan fingerprint density at radius 3 is 2.56 bits per heavy atom. The van der Waals surface area contributed by atoms with Gasteiger partial charge in [-0.2, -0.15) is 28.3 Å². The molecule has 2 aromatic carbocycles. The molecule has 0 saturated heterocycles. The van der Waals surface area contributed by atoms with Crippen LogP contribution >= 0.6 is 23.4 Å². The molecule has 1 N–H and O–H groups in total. The predicted octanol–water partition coefficient (Wildman–Crippen LogP) is 5.24.